The topological polar surface area (TPSA) is 99.2 Å². The average molecular weight is 273 g/mol. The van der Waals surface area contributed by atoms with Crippen molar-refractivity contribution in [3.8, 4) is 0 Å². The van der Waals surface area contributed by atoms with Crippen molar-refractivity contribution in [2.75, 3.05) is 27.2 Å². The van der Waals surface area contributed by atoms with Crippen molar-refractivity contribution in [1.82, 2.24) is 15.1 Å². The van der Waals surface area contributed by atoms with Gasteiger partial charge in [-0.15, -0.1) is 0 Å². The Morgan fingerprint density at radius 1 is 1.47 bits per heavy atom. The van der Waals surface area contributed by atoms with Gasteiger partial charge in [0.25, 0.3) is 0 Å². The minimum Gasteiger partial charge on any atom is -0.480 e. The molecule has 0 aromatic carbocycles. The molecule has 19 heavy (non-hydrogen) atoms. The first-order valence-electron chi connectivity index (χ1n) is 5.95. The quantitative estimate of drug-likeness (QED) is 0.750. The first-order valence-corrected chi connectivity index (χ1v) is 5.95. The maximum Gasteiger partial charge on any atom is 0.407 e. The second-order valence-corrected chi connectivity index (χ2v) is 4.48. The number of hydrogen-bond acceptors (Lipinski definition) is 4. The standard InChI is InChI=1S/C11H19N3O5/c1-7(9(15)16)13(2)11(18)14-5-4-8(6-14)12-10(17)19-3/h7-8H,4-6H2,1-3H3,(H,12,17)(H,15,16). The smallest absolute Gasteiger partial charge is 0.407 e. The highest BCUT2D eigenvalue weighted by Crippen LogP contribution is 2.12. The molecule has 2 unspecified atom stereocenters. The predicted molar refractivity (Wildman–Crippen MR) is 65.8 cm³/mol. The Labute approximate surface area is 111 Å². The molecule has 1 heterocycles. The van der Waals surface area contributed by atoms with E-state index in [1.54, 1.807) is 0 Å². The summed E-state index contributed by atoms with van der Waals surface area (Å²) in [6, 6.07) is -1.41. The summed E-state index contributed by atoms with van der Waals surface area (Å²) in [6.07, 6.45) is 0.0856. The van der Waals surface area contributed by atoms with E-state index in [1.165, 1.54) is 30.9 Å². The monoisotopic (exact) mass is 273 g/mol. The zero-order valence-corrected chi connectivity index (χ0v) is 11.3. The summed E-state index contributed by atoms with van der Waals surface area (Å²) in [7, 11) is 2.72. The number of nitrogens with one attached hydrogen (secondary N) is 1. The molecule has 0 aromatic heterocycles. The first kappa shape index (κ1) is 15.1. The zero-order valence-electron chi connectivity index (χ0n) is 11.3. The van der Waals surface area contributed by atoms with E-state index < -0.39 is 18.1 Å². The van der Waals surface area contributed by atoms with Gasteiger partial charge >= 0.3 is 18.1 Å². The third-order valence-corrected chi connectivity index (χ3v) is 3.21. The molecule has 1 aliphatic heterocycles. The highest BCUT2D eigenvalue weighted by molar-refractivity contribution is 5.82. The van der Waals surface area contributed by atoms with Gasteiger partial charge in [0, 0.05) is 20.1 Å². The SMILES string of the molecule is COC(=O)NC1CCN(C(=O)N(C)C(C)C(=O)O)C1. The van der Waals surface area contributed by atoms with Gasteiger partial charge in [-0.25, -0.2) is 14.4 Å². The van der Waals surface area contributed by atoms with Crippen molar-refractivity contribution < 1.29 is 24.2 Å². The lowest BCUT2D eigenvalue weighted by Gasteiger charge is -2.27. The number of carboxylic acids is 1. The Morgan fingerprint density at radius 2 is 2.11 bits per heavy atom. The van der Waals surface area contributed by atoms with Gasteiger partial charge < -0.3 is 25.0 Å². The number of carbonyl (C=O) groups excluding carboxylic acids is 2. The Morgan fingerprint density at radius 3 is 2.63 bits per heavy atom. The lowest BCUT2D eigenvalue weighted by molar-refractivity contribution is -0.141. The van der Waals surface area contributed by atoms with E-state index in [2.05, 4.69) is 10.1 Å². The van der Waals surface area contributed by atoms with Crippen molar-refractivity contribution in [2.45, 2.75) is 25.4 Å². The summed E-state index contributed by atoms with van der Waals surface area (Å²) in [5.41, 5.74) is 0. The van der Waals surface area contributed by atoms with Gasteiger partial charge in [-0.05, 0) is 13.3 Å². The molecule has 0 saturated carbocycles. The Balaban J connectivity index is 2.52. The van der Waals surface area contributed by atoms with E-state index in [0.29, 0.717) is 19.5 Å². The molecule has 1 fully saturated rings. The molecule has 8 nitrogen and oxygen atoms in total. The summed E-state index contributed by atoms with van der Waals surface area (Å²) in [5.74, 6) is -1.06. The Kier molecular flexibility index (Phi) is 4.96. The Bertz CT molecular complexity index is 373. The van der Waals surface area contributed by atoms with Crippen LogP contribution in [-0.4, -0.2) is 72.3 Å². The fourth-order valence-electron chi connectivity index (χ4n) is 1.83. The predicted octanol–water partition coefficient (Wildman–Crippen LogP) is -0.0584. The van der Waals surface area contributed by atoms with Crippen LogP contribution in [0.3, 0.4) is 0 Å². The number of likely N-dealkylation sites (N-methyl/N-ethyl adjacent to an activating group) is 1. The normalized spacial score (nSPS) is 19.7. The lowest BCUT2D eigenvalue weighted by Crippen LogP contribution is -2.48. The highest BCUT2D eigenvalue weighted by atomic mass is 16.5. The first-order chi connectivity index (χ1) is 8.86. The van der Waals surface area contributed by atoms with E-state index in [0.717, 1.165) is 0 Å². The number of ether oxygens (including phenoxy) is 1. The number of hydrogen-bond donors (Lipinski definition) is 2. The number of rotatable bonds is 3. The molecule has 1 rings (SSSR count). The van der Waals surface area contributed by atoms with E-state index in [-0.39, 0.29) is 12.1 Å². The van der Waals surface area contributed by atoms with E-state index in [1.807, 2.05) is 0 Å². The molecule has 2 N–H and O–H groups in total. The molecule has 3 amide bonds. The van der Waals surface area contributed by atoms with Crippen LogP contribution in [0.1, 0.15) is 13.3 Å². The molecule has 108 valence electrons. The molecule has 2 atom stereocenters. The summed E-state index contributed by atoms with van der Waals surface area (Å²) in [4.78, 5) is 36.6. The number of likely N-dealkylation sites (tertiary alicyclic amines) is 1. The number of aliphatic carboxylic acids is 1. The van der Waals surface area contributed by atoms with Gasteiger partial charge in [0.2, 0.25) is 0 Å². The number of nitrogens with zero attached hydrogens (tertiary/aromatic N) is 2. The third-order valence-electron chi connectivity index (χ3n) is 3.21. The molecule has 8 heteroatoms. The second kappa shape index (κ2) is 6.26. The van der Waals surface area contributed by atoms with Crippen molar-refractivity contribution >= 4 is 18.1 Å². The molecular formula is C11H19N3O5. The molecule has 0 radical (unpaired) electrons. The van der Waals surface area contributed by atoms with Gasteiger partial charge in [-0.3, -0.25) is 0 Å². The molecule has 1 aliphatic rings. The molecule has 0 spiro atoms. The van der Waals surface area contributed by atoms with Crippen LogP contribution in [0, 0.1) is 0 Å². The summed E-state index contributed by atoms with van der Waals surface area (Å²) >= 11 is 0. The average Bonchev–Trinajstić information content (AvgIpc) is 2.84. The minimum absolute atomic E-state index is 0.162. The highest BCUT2D eigenvalue weighted by Gasteiger charge is 2.32. The van der Waals surface area contributed by atoms with Crippen molar-refractivity contribution in [3.63, 3.8) is 0 Å². The van der Waals surface area contributed by atoms with Crippen LogP contribution >= 0.6 is 0 Å². The number of alkyl carbamates (subject to hydrolysis) is 1. The maximum atomic E-state index is 12.0. The van der Waals surface area contributed by atoms with Gasteiger partial charge in [-0.2, -0.15) is 0 Å². The van der Waals surface area contributed by atoms with Crippen LogP contribution in [0.2, 0.25) is 0 Å². The van der Waals surface area contributed by atoms with Crippen LogP contribution in [0.25, 0.3) is 0 Å². The molecule has 0 aliphatic carbocycles. The van der Waals surface area contributed by atoms with E-state index >= 15 is 0 Å². The number of carbonyl (C=O) groups is 3. The van der Waals surface area contributed by atoms with Gasteiger partial charge in [0.15, 0.2) is 0 Å². The fraction of sp³-hybridized carbons (Fsp3) is 0.727. The van der Waals surface area contributed by atoms with Gasteiger partial charge in [0.05, 0.1) is 13.2 Å². The molecule has 1 saturated heterocycles. The summed E-state index contributed by atoms with van der Waals surface area (Å²) in [6.45, 7) is 2.27. The molecule has 0 bridgehead atoms. The largest absolute Gasteiger partial charge is 0.480 e. The zero-order chi connectivity index (χ0) is 14.6. The van der Waals surface area contributed by atoms with Crippen molar-refractivity contribution in [3.05, 3.63) is 0 Å². The van der Waals surface area contributed by atoms with E-state index in [4.69, 9.17) is 5.11 Å². The fourth-order valence-corrected chi connectivity index (χ4v) is 1.83. The summed E-state index contributed by atoms with van der Waals surface area (Å²) < 4.78 is 4.48. The molecular weight excluding hydrogens is 254 g/mol. The van der Waals surface area contributed by atoms with Crippen molar-refractivity contribution in [1.29, 1.82) is 0 Å². The van der Waals surface area contributed by atoms with Crippen molar-refractivity contribution in [2.24, 2.45) is 0 Å². The van der Waals surface area contributed by atoms with Crippen LogP contribution in [-0.2, 0) is 9.53 Å². The molecule has 0 aromatic rings. The van der Waals surface area contributed by atoms with Gasteiger partial charge in [-0.1, -0.05) is 0 Å². The number of amides is 3. The number of urea groups is 1. The van der Waals surface area contributed by atoms with Crippen LogP contribution in [0.15, 0.2) is 0 Å². The maximum absolute atomic E-state index is 12.0. The minimum atomic E-state index is -1.06. The second-order valence-electron chi connectivity index (χ2n) is 4.48. The number of methoxy groups -OCH3 is 1. The lowest BCUT2D eigenvalue weighted by atomic mass is 10.3. The number of carboxylic acid groups (broad SMARTS) is 1. The van der Waals surface area contributed by atoms with Crippen LogP contribution < -0.4 is 5.32 Å². The van der Waals surface area contributed by atoms with Crippen LogP contribution in [0.4, 0.5) is 9.59 Å². The third kappa shape index (κ3) is 3.73. The van der Waals surface area contributed by atoms with Gasteiger partial charge in [0.1, 0.15) is 6.04 Å². The Hall–Kier alpha value is -1.99. The summed E-state index contributed by atoms with van der Waals surface area (Å²) in [5, 5.41) is 11.5. The van der Waals surface area contributed by atoms with E-state index in [9.17, 15) is 14.4 Å². The van der Waals surface area contributed by atoms with Crippen LogP contribution in [0.5, 0.6) is 0 Å².